The molecule has 0 unspecified atom stereocenters. The van der Waals surface area contributed by atoms with E-state index in [1.54, 1.807) is 24.3 Å². The normalized spacial score (nSPS) is 11.4. The first-order chi connectivity index (χ1) is 13.9. The Bertz CT molecular complexity index is 1030. The highest BCUT2D eigenvalue weighted by Gasteiger charge is 2.19. The summed E-state index contributed by atoms with van der Waals surface area (Å²) in [6.45, 7) is 1.42. The molecule has 5 nitrogen and oxygen atoms in total. The monoisotopic (exact) mass is 391 g/mol. The largest absolute Gasteiger partial charge is 0.449 e. The van der Waals surface area contributed by atoms with E-state index in [2.05, 4.69) is 5.32 Å². The van der Waals surface area contributed by atoms with Gasteiger partial charge in [-0.2, -0.15) is 0 Å². The fourth-order valence-electron chi connectivity index (χ4n) is 2.61. The van der Waals surface area contributed by atoms with Gasteiger partial charge in [-0.15, -0.1) is 0 Å². The summed E-state index contributed by atoms with van der Waals surface area (Å²) in [5.41, 5.74) is 1.46. The molecule has 1 atom stereocenters. The zero-order chi connectivity index (χ0) is 20.8. The number of amides is 1. The molecule has 0 aliphatic rings. The summed E-state index contributed by atoms with van der Waals surface area (Å²) in [5, 5.41) is 2.48. The van der Waals surface area contributed by atoms with Gasteiger partial charge in [-0.25, -0.2) is 9.18 Å². The minimum atomic E-state index is -1.09. The van der Waals surface area contributed by atoms with Crippen LogP contribution < -0.4 is 5.32 Å². The summed E-state index contributed by atoms with van der Waals surface area (Å²) in [4.78, 5) is 36.8. The van der Waals surface area contributed by atoms with E-state index in [0.29, 0.717) is 11.1 Å². The molecule has 1 amide bonds. The van der Waals surface area contributed by atoms with Gasteiger partial charge < -0.3 is 10.1 Å². The van der Waals surface area contributed by atoms with Crippen LogP contribution in [0.2, 0.25) is 0 Å². The molecule has 3 rings (SSSR count). The number of anilines is 1. The average Bonchev–Trinajstić information content (AvgIpc) is 2.74. The molecule has 29 heavy (non-hydrogen) atoms. The number of benzene rings is 3. The van der Waals surface area contributed by atoms with Gasteiger partial charge in [-0.05, 0) is 37.3 Å². The molecule has 0 bridgehead atoms. The Morgan fingerprint density at radius 2 is 1.45 bits per heavy atom. The topological polar surface area (TPSA) is 72.5 Å². The zero-order valence-electron chi connectivity index (χ0n) is 15.6. The average molecular weight is 391 g/mol. The van der Waals surface area contributed by atoms with Gasteiger partial charge in [-0.1, -0.05) is 48.5 Å². The quantitative estimate of drug-likeness (QED) is 0.504. The highest BCUT2D eigenvalue weighted by Crippen LogP contribution is 2.14. The van der Waals surface area contributed by atoms with Gasteiger partial charge in [0.25, 0.3) is 5.91 Å². The van der Waals surface area contributed by atoms with Gasteiger partial charge in [0.05, 0.1) is 5.56 Å². The number of ketones is 1. The number of carbonyl (C=O) groups is 3. The second-order valence-corrected chi connectivity index (χ2v) is 6.32. The van der Waals surface area contributed by atoms with Crippen molar-refractivity contribution in [3.05, 3.63) is 101 Å². The Balaban J connectivity index is 1.61. The number of rotatable bonds is 6. The third-order valence-electron chi connectivity index (χ3n) is 4.16. The number of hydrogen-bond acceptors (Lipinski definition) is 4. The van der Waals surface area contributed by atoms with Gasteiger partial charge in [0.1, 0.15) is 5.82 Å². The molecule has 0 saturated heterocycles. The molecular formula is C23H18FNO4. The van der Waals surface area contributed by atoms with Crippen LogP contribution in [0, 0.1) is 5.82 Å². The molecule has 0 aliphatic heterocycles. The molecule has 0 aromatic heterocycles. The van der Waals surface area contributed by atoms with E-state index in [0.717, 1.165) is 6.07 Å². The van der Waals surface area contributed by atoms with Crippen LogP contribution in [0.5, 0.6) is 0 Å². The SMILES string of the molecule is C[C@@H](OC(=O)c1ccc(C(=O)c2ccccc2)cc1)C(=O)Nc1cccc(F)c1. The molecule has 0 aliphatic carbocycles. The summed E-state index contributed by atoms with van der Waals surface area (Å²) in [6.07, 6.45) is -1.09. The first-order valence-electron chi connectivity index (χ1n) is 8.91. The zero-order valence-corrected chi connectivity index (χ0v) is 15.6. The smallest absolute Gasteiger partial charge is 0.338 e. The number of hydrogen-bond donors (Lipinski definition) is 1. The molecule has 1 N–H and O–H groups in total. The molecule has 3 aromatic carbocycles. The molecular weight excluding hydrogens is 373 g/mol. The number of esters is 1. The van der Waals surface area contributed by atoms with Crippen molar-refractivity contribution >= 4 is 23.3 Å². The van der Waals surface area contributed by atoms with Gasteiger partial charge in [0.2, 0.25) is 0 Å². The van der Waals surface area contributed by atoms with Crippen LogP contribution in [0.3, 0.4) is 0 Å². The molecule has 0 spiro atoms. The van der Waals surface area contributed by atoms with Crippen molar-refractivity contribution < 1.29 is 23.5 Å². The number of halogens is 1. The highest BCUT2D eigenvalue weighted by atomic mass is 19.1. The van der Waals surface area contributed by atoms with E-state index in [-0.39, 0.29) is 17.0 Å². The maximum absolute atomic E-state index is 13.2. The lowest BCUT2D eigenvalue weighted by molar-refractivity contribution is -0.123. The molecule has 0 heterocycles. The van der Waals surface area contributed by atoms with Crippen LogP contribution in [-0.2, 0) is 9.53 Å². The van der Waals surface area contributed by atoms with Gasteiger partial charge in [0.15, 0.2) is 11.9 Å². The van der Waals surface area contributed by atoms with Crippen molar-refractivity contribution in [3.63, 3.8) is 0 Å². The van der Waals surface area contributed by atoms with Crippen molar-refractivity contribution in [2.45, 2.75) is 13.0 Å². The Hall–Kier alpha value is -3.80. The van der Waals surface area contributed by atoms with E-state index in [9.17, 15) is 18.8 Å². The predicted molar refractivity (Wildman–Crippen MR) is 106 cm³/mol. The van der Waals surface area contributed by atoms with E-state index >= 15 is 0 Å². The maximum atomic E-state index is 13.2. The van der Waals surface area contributed by atoms with Crippen molar-refractivity contribution in [1.82, 2.24) is 0 Å². The summed E-state index contributed by atoms with van der Waals surface area (Å²) in [6, 6.07) is 20.2. The Morgan fingerprint density at radius 1 is 0.828 bits per heavy atom. The molecule has 146 valence electrons. The predicted octanol–water partition coefficient (Wildman–Crippen LogP) is 4.24. The number of nitrogens with one attached hydrogen (secondary N) is 1. The van der Waals surface area contributed by atoms with E-state index < -0.39 is 23.8 Å². The lowest BCUT2D eigenvalue weighted by Gasteiger charge is -2.13. The van der Waals surface area contributed by atoms with E-state index in [4.69, 9.17) is 4.74 Å². The Kier molecular flexibility index (Phi) is 6.14. The second-order valence-electron chi connectivity index (χ2n) is 6.32. The first-order valence-corrected chi connectivity index (χ1v) is 8.91. The van der Waals surface area contributed by atoms with Gasteiger partial charge in [0, 0.05) is 16.8 Å². The molecule has 3 aromatic rings. The Morgan fingerprint density at radius 3 is 2.10 bits per heavy atom. The van der Waals surface area contributed by atoms with E-state index in [1.807, 2.05) is 6.07 Å². The van der Waals surface area contributed by atoms with E-state index in [1.165, 1.54) is 49.4 Å². The maximum Gasteiger partial charge on any atom is 0.338 e. The van der Waals surface area contributed by atoms with Crippen LogP contribution in [-0.4, -0.2) is 23.8 Å². The Labute approximate surface area is 167 Å². The summed E-state index contributed by atoms with van der Waals surface area (Å²) < 4.78 is 18.3. The minimum Gasteiger partial charge on any atom is -0.449 e. The molecule has 0 radical (unpaired) electrons. The number of carbonyl (C=O) groups excluding carboxylic acids is 3. The van der Waals surface area contributed by atoms with Crippen molar-refractivity contribution in [1.29, 1.82) is 0 Å². The van der Waals surface area contributed by atoms with Crippen molar-refractivity contribution in [3.8, 4) is 0 Å². The first kappa shape index (κ1) is 19.9. The van der Waals surface area contributed by atoms with Crippen LogP contribution >= 0.6 is 0 Å². The van der Waals surface area contributed by atoms with Gasteiger partial charge >= 0.3 is 5.97 Å². The second kappa shape index (κ2) is 8.93. The third kappa shape index (κ3) is 5.13. The van der Waals surface area contributed by atoms with Crippen LogP contribution in [0.15, 0.2) is 78.9 Å². The number of ether oxygens (including phenoxy) is 1. The van der Waals surface area contributed by atoms with Crippen LogP contribution in [0.4, 0.5) is 10.1 Å². The van der Waals surface area contributed by atoms with Crippen LogP contribution in [0.25, 0.3) is 0 Å². The molecule has 0 saturated carbocycles. The fraction of sp³-hybridized carbons (Fsp3) is 0.0870. The van der Waals surface area contributed by atoms with Crippen molar-refractivity contribution in [2.24, 2.45) is 0 Å². The van der Waals surface area contributed by atoms with Gasteiger partial charge in [-0.3, -0.25) is 9.59 Å². The van der Waals surface area contributed by atoms with Crippen LogP contribution in [0.1, 0.15) is 33.2 Å². The summed E-state index contributed by atoms with van der Waals surface area (Å²) >= 11 is 0. The third-order valence-corrected chi connectivity index (χ3v) is 4.16. The van der Waals surface area contributed by atoms with Crippen molar-refractivity contribution in [2.75, 3.05) is 5.32 Å². The lowest BCUT2D eigenvalue weighted by Crippen LogP contribution is -2.30. The standard InChI is InChI=1S/C23H18FNO4/c1-15(22(27)25-20-9-5-8-19(24)14-20)29-23(28)18-12-10-17(11-13-18)21(26)16-6-3-2-4-7-16/h2-15H,1H3,(H,25,27)/t15-/m1/s1. The summed E-state index contributed by atoms with van der Waals surface area (Å²) in [5.74, 6) is -1.93. The highest BCUT2D eigenvalue weighted by molar-refractivity contribution is 6.09. The fourth-order valence-corrected chi connectivity index (χ4v) is 2.61. The molecule has 6 heteroatoms. The minimum absolute atomic E-state index is 0.159. The summed E-state index contributed by atoms with van der Waals surface area (Å²) in [7, 11) is 0. The lowest BCUT2D eigenvalue weighted by atomic mass is 10.0. The molecule has 0 fully saturated rings.